The third-order valence-corrected chi connectivity index (χ3v) is 9.37. The van der Waals surface area contributed by atoms with Gasteiger partial charge in [0.1, 0.15) is 25.0 Å². The van der Waals surface area contributed by atoms with Crippen molar-refractivity contribution >= 4 is 30.8 Å². The van der Waals surface area contributed by atoms with Crippen LogP contribution in [0.1, 0.15) is 0 Å². The number of pyridine rings is 1. The Bertz CT molecular complexity index is 1470. The highest BCUT2D eigenvalue weighted by atomic mass is 35.5. The molecule has 6 rings (SSSR count). The first-order valence-corrected chi connectivity index (χ1v) is 17.7. The van der Waals surface area contributed by atoms with Gasteiger partial charge in [-0.25, -0.2) is 4.98 Å². The largest absolute Gasteiger partial charge is 0.456 e. The number of aliphatic hydroxyl groups is 1. The third-order valence-electron chi connectivity index (χ3n) is 7.38. The van der Waals surface area contributed by atoms with Crippen LogP contribution < -0.4 is 4.74 Å². The van der Waals surface area contributed by atoms with Gasteiger partial charge in [-0.2, -0.15) is 4.98 Å². The Labute approximate surface area is 239 Å². The number of rotatable bonds is 9. The second-order valence-electron chi connectivity index (χ2n) is 11.6. The highest BCUT2D eigenvalue weighted by Crippen LogP contribution is 2.34. The van der Waals surface area contributed by atoms with E-state index in [2.05, 4.69) is 43.9 Å². The predicted molar refractivity (Wildman–Crippen MR) is 157 cm³/mol. The number of hydrogen-bond donors (Lipinski definition) is 1. The van der Waals surface area contributed by atoms with Crippen LogP contribution in [0.15, 0.2) is 60.7 Å². The van der Waals surface area contributed by atoms with Crippen molar-refractivity contribution < 1.29 is 24.1 Å². The maximum Gasteiger partial charge on any atom is 0.301 e. The fourth-order valence-corrected chi connectivity index (χ4v) is 6.10. The molecule has 2 aliphatic rings. The summed E-state index contributed by atoms with van der Waals surface area (Å²) >= 11 is 6.81. The van der Waals surface area contributed by atoms with Crippen LogP contribution in [0.2, 0.25) is 30.7 Å². The summed E-state index contributed by atoms with van der Waals surface area (Å²) in [7, 11) is -1.25. The summed E-state index contributed by atoms with van der Waals surface area (Å²) in [5.41, 5.74) is 5.05. The molecule has 0 radical (unpaired) electrons. The van der Waals surface area contributed by atoms with E-state index in [1.165, 1.54) is 0 Å². The number of benzene rings is 2. The van der Waals surface area contributed by atoms with E-state index in [0.29, 0.717) is 35.6 Å². The van der Waals surface area contributed by atoms with Crippen LogP contribution in [-0.4, -0.2) is 72.0 Å². The van der Waals surface area contributed by atoms with Crippen molar-refractivity contribution in [2.75, 3.05) is 19.8 Å². The molecule has 0 unspecified atom stereocenters. The van der Waals surface area contributed by atoms with Crippen LogP contribution in [0.3, 0.4) is 0 Å². The van der Waals surface area contributed by atoms with Gasteiger partial charge in [0.2, 0.25) is 0 Å². The summed E-state index contributed by atoms with van der Waals surface area (Å²) < 4.78 is 25.8. The van der Waals surface area contributed by atoms with Gasteiger partial charge in [0.05, 0.1) is 29.4 Å². The molecule has 210 valence electrons. The van der Waals surface area contributed by atoms with Gasteiger partial charge in [0.15, 0.2) is 11.8 Å². The summed E-state index contributed by atoms with van der Waals surface area (Å²) in [5, 5.41) is 10.7. The standard InChI is InChI=1S/C30H34ClN3O5Si/c1-40(2,3)14-13-36-18-34-23-15-22(31)26(21-11-9-20(10-12-21)19-7-5-4-6-8-19)32-29(23)33-30(34)39-25-17-38-27-24(35)16-37-28(25)27/h4-12,15,24-25,27-28,35H,13-14,16-18H2,1-3H3/t24-,25-,27-,28-/m1/s1. The summed E-state index contributed by atoms with van der Waals surface area (Å²) in [6.45, 7) is 8.40. The highest BCUT2D eigenvalue weighted by Gasteiger charge is 2.49. The topological polar surface area (TPSA) is 87.9 Å². The van der Waals surface area contributed by atoms with Gasteiger partial charge in [-0.1, -0.05) is 85.8 Å². The Hall–Kier alpha value is -2.79. The summed E-state index contributed by atoms with van der Waals surface area (Å²) in [6, 6.07) is 21.7. The fraction of sp³-hybridized carbons (Fsp3) is 0.400. The Morgan fingerprint density at radius 2 is 1.65 bits per heavy atom. The zero-order valence-electron chi connectivity index (χ0n) is 22.9. The fourth-order valence-electron chi connectivity index (χ4n) is 5.09. The molecule has 2 aromatic heterocycles. The molecule has 0 spiro atoms. The van der Waals surface area contributed by atoms with Crippen molar-refractivity contribution in [2.45, 2.75) is 56.8 Å². The second kappa shape index (κ2) is 11.2. The molecule has 0 saturated carbocycles. The molecule has 4 heterocycles. The summed E-state index contributed by atoms with van der Waals surface area (Å²) in [6.07, 6.45) is -1.81. The lowest BCUT2D eigenvalue weighted by molar-refractivity contribution is 0.00339. The Morgan fingerprint density at radius 3 is 2.40 bits per heavy atom. The summed E-state index contributed by atoms with van der Waals surface area (Å²) in [4.78, 5) is 9.61. The quantitative estimate of drug-likeness (QED) is 0.203. The van der Waals surface area contributed by atoms with Crippen LogP contribution in [-0.2, 0) is 20.9 Å². The molecule has 8 nitrogen and oxygen atoms in total. The first kappa shape index (κ1) is 27.4. The van der Waals surface area contributed by atoms with Gasteiger partial charge in [-0.05, 0) is 23.2 Å². The van der Waals surface area contributed by atoms with E-state index in [9.17, 15) is 5.11 Å². The van der Waals surface area contributed by atoms with E-state index in [1.54, 1.807) is 0 Å². The number of fused-ring (bicyclic) bond motifs is 2. The van der Waals surface area contributed by atoms with Crippen LogP contribution in [0.4, 0.5) is 0 Å². The molecule has 2 aromatic carbocycles. The van der Waals surface area contributed by atoms with Crippen LogP contribution in [0.25, 0.3) is 33.5 Å². The number of aliphatic hydroxyl groups excluding tert-OH is 1. The van der Waals surface area contributed by atoms with Gasteiger partial charge < -0.3 is 24.1 Å². The number of nitrogens with zero attached hydrogens (tertiary/aromatic N) is 3. The number of halogens is 1. The molecular weight excluding hydrogens is 546 g/mol. The van der Waals surface area contributed by atoms with Crippen molar-refractivity contribution in [3.8, 4) is 28.4 Å². The maximum atomic E-state index is 10.1. The monoisotopic (exact) mass is 579 g/mol. The molecule has 40 heavy (non-hydrogen) atoms. The average molecular weight is 580 g/mol. The zero-order valence-corrected chi connectivity index (χ0v) is 24.7. The minimum atomic E-state index is -1.25. The van der Waals surface area contributed by atoms with Gasteiger partial charge in [-0.3, -0.25) is 4.57 Å². The van der Waals surface area contributed by atoms with Crippen molar-refractivity contribution in [3.63, 3.8) is 0 Å². The third kappa shape index (κ3) is 5.67. The van der Waals surface area contributed by atoms with Gasteiger partial charge in [-0.15, -0.1) is 0 Å². The highest BCUT2D eigenvalue weighted by molar-refractivity contribution is 6.76. The number of imidazole rings is 1. The smallest absolute Gasteiger partial charge is 0.301 e. The molecule has 0 amide bonds. The number of aromatic nitrogens is 3. The molecule has 2 fully saturated rings. The van der Waals surface area contributed by atoms with Gasteiger partial charge >= 0.3 is 6.01 Å². The lowest BCUT2D eigenvalue weighted by Crippen LogP contribution is -2.35. The molecular formula is C30H34ClN3O5Si. The lowest BCUT2D eigenvalue weighted by atomic mass is 10.0. The molecule has 4 aromatic rings. The molecule has 0 aliphatic carbocycles. The summed E-state index contributed by atoms with van der Waals surface area (Å²) in [5.74, 6) is 0. The van der Waals surface area contributed by atoms with Gasteiger partial charge in [0.25, 0.3) is 0 Å². The Morgan fingerprint density at radius 1 is 0.950 bits per heavy atom. The number of hydrogen-bond acceptors (Lipinski definition) is 7. The van der Waals surface area contributed by atoms with E-state index >= 15 is 0 Å². The maximum absolute atomic E-state index is 10.1. The van der Waals surface area contributed by atoms with Gasteiger partial charge in [0, 0.05) is 20.2 Å². The minimum Gasteiger partial charge on any atom is -0.456 e. The van der Waals surface area contributed by atoms with Crippen LogP contribution >= 0.6 is 11.6 Å². The number of ether oxygens (including phenoxy) is 4. The van der Waals surface area contributed by atoms with E-state index in [4.69, 9.17) is 40.5 Å². The van der Waals surface area contributed by atoms with Crippen molar-refractivity contribution in [1.82, 2.24) is 14.5 Å². The van der Waals surface area contributed by atoms with E-state index in [0.717, 1.165) is 28.3 Å². The molecule has 2 saturated heterocycles. The molecule has 10 heteroatoms. The van der Waals surface area contributed by atoms with Crippen molar-refractivity contribution in [1.29, 1.82) is 0 Å². The Balaban J connectivity index is 1.30. The zero-order chi connectivity index (χ0) is 27.9. The molecule has 1 N–H and O–H groups in total. The van der Waals surface area contributed by atoms with E-state index < -0.39 is 26.4 Å². The predicted octanol–water partition coefficient (Wildman–Crippen LogP) is 5.64. The van der Waals surface area contributed by atoms with Crippen LogP contribution in [0, 0.1) is 0 Å². The molecule has 4 atom stereocenters. The molecule has 0 bridgehead atoms. The normalized spacial score (nSPS) is 22.6. The second-order valence-corrected chi connectivity index (χ2v) is 17.6. The first-order valence-electron chi connectivity index (χ1n) is 13.7. The van der Waals surface area contributed by atoms with Crippen LogP contribution in [0.5, 0.6) is 6.01 Å². The van der Waals surface area contributed by atoms with E-state index in [-0.39, 0.29) is 19.4 Å². The Kier molecular flexibility index (Phi) is 7.69. The van der Waals surface area contributed by atoms with Crippen molar-refractivity contribution in [2.24, 2.45) is 0 Å². The average Bonchev–Trinajstić information content (AvgIpc) is 3.61. The SMILES string of the molecule is C[Si](C)(C)CCOCn1c(O[C@@H]2CO[C@H]3[C@@H]2OC[C@H]3O)nc2nc(-c3ccc(-c4ccccc4)cc3)c(Cl)cc21. The first-order chi connectivity index (χ1) is 19.3. The van der Waals surface area contributed by atoms with E-state index in [1.807, 2.05) is 41.0 Å². The minimum absolute atomic E-state index is 0.231. The molecule has 2 aliphatic heterocycles. The van der Waals surface area contributed by atoms with Crippen molar-refractivity contribution in [3.05, 3.63) is 65.7 Å². The lowest BCUT2D eigenvalue weighted by Gasteiger charge is -2.19.